The van der Waals surface area contributed by atoms with Gasteiger partial charge in [0.25, 0.3) is 5.91 Å². The molecule has 2 rings (SSSR count). The molecule has 1 heterocycles. The third-order valence-corrected chi connectivity index (χ3v) is 3.69. The van der Waals surface area contributed by atoms with E-state index in [0.29, 0.717) is 6.54 Å². The van der Waals surface area contributed by atoms with Crippen LogP contribution in [0.4, 0.5) is 5.69 Å². The van der Waals surface area contributed by atoms with Crippen LogP contribution in [0.15, 0.2) is 24.3 Å². The lowest BCUT2D eigenvalue weighted by Gasteiger charge is -2.34. The lowest BCUT2D eigenvalue weighted by molar-refractivity contribution is -0.177. The molecule has 2 atom stereocenters. The second kappa shape index (κ2) is 7.32. The van der Waals surface area contributed by atoms with E-state index in [1.807, 2.05) is 31.2 Å². The summed E-state index contributed by atoms with van der Waals surface area (Å²) in [5.41, 5.74) is 1.10. The average Bonchev–Trinajstić information content (AvgIpc) is 2.53. The summed E-state index contributed by atoms with van der Waals surface area (Å²) in [5, 5.41) is 10.2. The number of nitrogens with zero attached hydrogens (tertiary/aromatic N) is 1. The Morgan fingerprint density at radius 1 is 1.46 bits per heavy atom. The molecular formula is C18H25NO5. The van der Waals surface area contributed by atoms with Crippen molar-refractivity contribution in [3.8, 4) is 0 Å². The van der Waals surface area contributed by atoms with Gasteiger partial charge in [0.05, 0.1) is 6.61 Å². The highest BCUT2D eigenvalue weighted by Crippen LogP contribution is 2.22. The van der Waals surface area contributed by atoms with Gasteiger partial charge < -0.3 is 19.5 Å². The highest BCUT2D eigenvalue weighted by molar-refractivity contribution is 6.00. The van der Waals surface area contributed by atoms with Gasteiger partial charge in [0.15, 0.2) is 12.2 Å². The van der Waals surface area contributed by atoms with Crippen LogP contribution >= 0.6 is 0 Å². The van der Waals surface area contributed by atoms with E-state index in [4.69, 9.17) is 9.47 Å². The van der Waals surface area contributed by atoms with Crippen LogP contribution in [0.25, 0.3) is 0 Å². The highest BCUT2D eigenvalue weighted by Gasteiger charge is 2.41. The number of amides is 1. The maximum Gasteiger partial charge on any atom is 0.338 e. The van der Waals surface area contributed by atoms with Gasteiger partial charge in [-0.25, -0.2) is 4.79 Å². The molecule has 24 heavy (non-hydrogen) atoms. The molecule has 1 aliphatic heterocycles. The lowest BCUT2D eigenvalue weighted by atomic mass is 10.1. The number of esters is 1. The number of aliphatic hydroxyl groups excluding tert-OH is 1. The topological polar surface area (TPSA) is 76.1 Å². The van der Waals surface area contributed by atoms with Crippen LogP contribution in [0, 0.1) is 0 Å². The summed E-state index contributed by atoms with van der Waals surface area (Å²) in [6.45, 7) is 7.75. The molecule has 6 nitrogen and oxygen atoms in total. The van der Waals surface area contributed by atoms with E-state index in [-0.39, 0.29) is 6.61 Å². The molecule has 1 aliphatic rings. The molecule has 0 radical (unpaired) electrons. The van der Waals surface area contributed by atoms with E-state index in [0.717, 1.165) is 17.7 Å². The van der Waals surface area contributed by atoms with Crippen molar-refractivity contribution in [3.05, 3.63) is 29.8 Å². The van der Waals surface area contributed by atoms with E-state index in [2.05, 4.69) is 0 Å². The Morgan fingerprint density at radius 3 is 2.79 bits per heavy atom. The number of hydrogen-bond acceptors (Lipinski definition) is 5. The third kappa shape index (κ3) is 4.33. The second-order valence-electron chi connectivity index (χ2n) is 6.78. The highest BCUT2D eigenvalue weighted by atomic mass is 16.6. The van der Waals surface area contributed by atoms with Crippen LogP contribution in [0.5, 0.6) is 0 Å². The predicted molar refractivity (Wildman–Crippen MR) is 89.8 cm³/mol. The zero-order chi connectivity index (χ0) is 17.9. The lowest BCUT2D eigenvalue weighted by Crippen LogP contribution is -2.55. The van der Waals surface area contributed by atoms with Gasteiger partial charge in [-0.05, 0) is 44.9 Å². The SMILES string of the molecule is CCc1cccc(N2CCOC(C(O)C(=O)OC(C)(C)C)C2=O)c1. The Labute approximate surface area is 142 Å². The Bertz CT molecular complexity index is 608. The number of anilines is 1. The first-order valence-corrected chi connectivity index (χ1v) is 8.16. The number of rotatable bonds is 4. The Balaban J connectivity index is 2.15. The molecule has 0 spiro atoms. The molecule has 0 aliphatic carbocycles. The van der Waals surface area contributed by atoms with E-state index in [9.17, 15) is 14.7 Å². The first kappa shape index (κ1) is 18.4. The maximum absolute atomic E-state index is 12.7. The second-order valence-corrected chi connectivity index (χ2v) is 6.78. The molecule has 0 saturated carbocycles. The van der Waals surface area contributed by atoms with Crippen molar-refractivity contribution in [3.63, 3.8) is 0 Å². The summed E-state index contributed by atoms with van der Waals surface area (Å²) in [6.07, 6.45) is -2.04. The summed E-state index contributed by atoms with van der Waals surface area (Å²) in [7, 11) is 0. The fourth-order valence-electron chi connectivity index (χ4n) is 2.52. The zero-order valence-electron chi connectivity index (χ0n) is 14.6. The fourth-order valence-corrected chi connectivity index (χ4v) is 2.52. The van der Waals surface area contributed by atoms with Crippen molar-refractivity contribution < 1.29 is 24.2 Å². The number of aliphatic hydroxyl groups is 1. The van der Waals surface area contributed by atoms with Crippen molar-refractivity contribution in [2.75, 3.05) is 18.1 Å². The van der Waals surface area contributed by atoms with Crippen LogP contribution in [-0.4, -0.2) is 47.9 Å². The van der Waals surface area contributed by atoms with Crippen LogP contribution in [0.1, 0.15) is 33.3 Å². The largest absolute Gasteiger partial charge is 0.458 e. The minimum absolute atomic E-state index is 0.243. The first-order valence-electron chi connectivity index (χ1n) is 8.16. The predicted octanol–water partition coefficient (Wildman–Crippen LogP) is 1.68. The van der Waals surface area contributed by atoms with E-state index < -0.39 is 29.7 Å². The van der Waals surface area contributed by atoms with E-state index in [1.165, 1.54) is 0 Å². The summed E-state index contributed by atoms with van der Waals surface area (Å²) >= 11 is 0. The smallest absolute Gasteiger partial charge is 0.338 e. The van der Waals surface area contributed by atoms with Crippen molar-refractivity contribution >= 4 is 17.6 Å². The first-order chi connectivity index (χ1) is 11.2. The molecular weight excluding hydrogens is 310 g/mol. The molecule has 1 N–H and O–H groups in total. The van der Waals surface area contributed by atoms with E-state index in [1.54, 1.807) is 25.7 Å². The number of ether oxygens (including phenoxy) is 2. The summed E-state index contributed by atoms with van der Waals surface area (Å²) in [5.74, 6) is -1.29. The van der Waals surface area contributed by atoms with Crippen molar-refractivity contribution in [2.45, 2.75) is 51.9 Å². The number of hydrogen-bond donors (Lipinski definition) is 1. The Kier molecular flexibility index (Phi) is 5.62. The van der Waals surface area contributed by atoms with Gasteiger partial charge in [-0.3, -0.25) is 4.79 Å². The normalized spacial score (nSPS) is 20.0. The molecule has 132 valence electrons. The van der Waals surface area contributed by atoms with Gasteiger partial charge in [0.1, 0.15) is 5.60 Å². The third-order valence-electron chi connectivity index (χ3n) is 3.69. The summed E-state index contributed by atoms with van der Waals surface area (Å²) < 4.78 is 10.5. The van der Waals surface area contributed by atoms with Crippen LogP contribution in [0.2, 0.25) is 0 Å². The quantitative estimate of drug-likeness (QED) is 0.847. The van der Waals surface area contributed by atoms with Gasteiger partial charge in [0, 0.05) is 12.2 Å². The molecule has 1 aromatic rings. The molecule has 1 saturated heterocycles. The molecule has 6 heteroatoms. The minimum atomic E-state index is -1.64. The van der Waals surface area contributed by atoms with E-state index >= 15 is 0 Å². The molecule has 1 fully saturated rings. The van der Waals surface area contributed by atoms with Crippen LogP contribution in [-0.2, 0) is 25.5 Å². The monoisotopic (exact) mass is 335 g/mol. The number of morpholine rings is 1. The molecule has 2 unspecified atom stereocenters. The number of aryl methyl sites for hydroxylation is 1. The average molecular weight is 335 g/mol. The number of carbonyl (C=O) groups excluding carboxylic acids is 2. The fraction of sp³-hybridized carbons (Fsp3) is 0.556. The summed E-state index contributed by atoms with van der Waals surface area (Å²) in [4.78, 5) is 26.2. The van der Waals surface area contributed by atoms with Crippen molar-refractivity contribution in [1.29, 1.82) is 0 Å². The molecule has 1 aromatic carbocycles. The Morgan fingerprint density at radius 2 is 2.17 bits per heavy atom. The molecule has 0 bridgehead atoms. The number of carbonyl (C=O) groups is 2. The Hall–Kier alpha value is -1.92. The zero-order valence-corrected chi connectivity index (χ0v) is 14.6. The molecule has 0 aromatic heterocycles. The van der Waals surface area contributed by atoms with Crippen molar-refractivity contribution in [1.82, 2.24) is 0 Å². The van der Waals surface area contributed by atoms with Crippen molar-refractivity contribution in [2.24, 2.45) is 0 Å². The summed E-state index contributed by atoms with van der Waals surface area (Å²) in [6, 6.07) is 7.64. The molecule has 1 amide bonds. The van der Waals surface area contributed by atoms with Crippen LogP contribution in [0.3, 0.4) is 0 Å². The van der Waals surface area contributed by atoms with Gasteiger partial charge >= 0.3 is 5.97 Å². The van der Waals surface area contributed by atoms with Gasteiger partial charge in [0.2, 0.25) is 0 Å². The van der Waals surface area contributed by atoms with Crippen LogP contribution < -0.4 is 4.90 Å². The van der Waals surface area contributed by atoms with Gasteiger partial charge in [-0.15, -0.1) is 0 Å². The van der Waals surface area contributed by atoms with Gasteiger partial charge in [-0.1, -0.05) is 19.1 Å². The standard InChI is InChI=1S/C18H25NO5/c1-5-12-7-6-8-13(11-12)19-9-10-23-15(16(19)21)14(20)17(22)24-18(2,3)4/h6-8,11,14-15,20H,5,9-10H2,1-4H3. The minimum Gasteiger partial charge on any atom is -0.458 e. The van der Waals surface area contributed by atoms with Gasteiger partial charge in [-0.2, -0.15) is 0 Å². The maximum atomic E-state index is 12.7. The number of benzene rings is 1.